The summed E-state index contributed by atoms with van der Waals surface area (Å²) in [7, 11) is 1.76. The molecule has 2 atom stereocenters. The fraction of sp³-hybridized carbons (Fsp3) is 1.00. The Morgan fingerprint density at radius 3 is 2.43 bits per heavy atom. The van der Waals surface area contributed by atoms with E-state index in [-0.39, 0.29) is 0 Å². The summed E-state index contributed by atoms with van der Waals surface area (Å²) >= 11 is 0. The van der Waals surface area contributed by atoms with Crippen molar-refractivity contribution in [2.24, 2.45) is 23.2 Å². The summed E-state index contributed by atoms with van der Waals surface area (Å²) in [5, 5.41) is 3.53. The Bertz CT molecular complexity index is 292. The van der Waals surface area contributed by atoms with Gasteiger partial charge in [0.1, 0.15) is 0 Å². The van der Waals surface area contributed by atoms with Crippen molar-refractivity contribution in [1.29, 1.82) is 0 Å². The van der Waals surface area contributed by atoms with Gasteiger partial charge in [-0.1, -0.05) is 20.8 Å². The monoisotopic (exact) mass is 297 g/mol. The van der Waals surface area contributed by atoms with Crippen molar-refractivity contribution < 1.29 is 9.47 Å². The van der Waals surface area contributed by atoms with E-state index >= 15 is 0 Å². The molecule has 0 spiro atoms. The highest BCUT2D eigenvalue weighted by Crippen LogP contribution is 2.43. The average Bonchev–Trinajstić information content (AvgIpc) is 2.91. The molecular weight excluding hydrogens is 262 g/mol. The molecule has 2 unspecified atom stereocenters. The van der Waals surface area contributed by atoms with Crippen molar-refractivity contribution in [3.05, 3.63) is 0 Å². The van der Waals surface area contributed by atoms with Crippen molar-refractivity contribution in [2.45, 2.75) is 59.0 Å². The second-order valence-electron chi connectivity index (χ2n) is 8.06. The maximum Gasteiger partial charge on any atom is 0.0644 e. The highest BCUT2D eigenvalue weighted by atomic mass is 16.5. The van der Waals surface area contributed by atoms with Gasteiger partial charge in [-0.2, -0.15) is 0 Å². The molecule has 1 saturated carbocycles. The predicted octanol–water partition coefficient (Wildman–Crippen LogP) is 3.48. The summed E-state index contributed by atoms with van der Waals surface area (Å²) < 4.78 is 11.2. The molecule has 0 bridgehead atoms. The number of hydrogen-bond donors (Lipinski definition) is 1. The van der Waals surface area contributed by atoms with Gasteiger partial charge in [0.25, 0.3) is 0 Å². The molecule has 3 nitrogen and oxygen atoms in total. The predicted molar refractivity (Wildman–Crippen MR) is 87.5 cm³/mol. The molecular formula is C18H35NO2. The van der Waals surface area contributed by atoms with Gasteiger partial charge in [0.05, 0.1) is 12.7 Å². The molecule has 1 saturated heterocycles. The molecule has 2 rings (SSSR count). The van der Waals surface area contributed by atoms with E-state index in [9.17, 15) is 0 Å². The van der Waals surface area contributed by atoms with Gasteiger partial charge >= 0.3 is 0 Å². The number of rotatable bonds is 6. The summed E-state index contributed by atoms with van der Waals surface area (Å²) in [4.78, 5) is 0. The van der Waals surface area contributed by atoms with Crippen LogP contribution < -0.4 is 5.32 Å². The number of hydrogen-bond acceptors (Lipinski definition) is 3. The fourth-order valence-corrected chi connectivity index (χ4v) is 4.17. The third-order valence-corrected chi connectivity index (χ3v) is 5.61. The standard InChI is InChI=1S/C18H35NO2/c1-18(2,3)16-7-5-14(6-8-16)17-15(9-11-21-17)13-19-10-12-20-4/h14-17,19H,5-13H2,1-4H3. The normalized spacial score (nSPS) is 34.3. The summed E-state index contributed by atoms with van der Waals surface area (Å²) in [5.41, 5.74) is 0.475. The Hall–Kier alpha value is -0.120. The third-order valence-electron chi connectivity index (χ3n) is 5.61. The van der Waals surface area contributed by atoms with Crippen LogP contribution in [0.5, 0.6) is 0 Å². The zero-order valence-electron chi connectivity index (χ0n) is 14.5. The quantitative estimate of drug-likeness (QED) is 0.761. The van der Waals surface area contributed by atoms with Crippen molar-refractivity contribution in [3.63, 3.8) is 0 Å². The molecule has 1 heterocycles. The smallest absolute Gasteiger partial charge is 0.0644 e. The minimum atomic E-state index is 0.475. The van der Waals surface area contributed by atoms with E-state index in [2.05, 4.69) is 26.1 Å². The van der Waals surface area contributed by atoms with Crippen LogP contribution in [0, 0.1) is 23.2 Å². The van der Waals surface area contributed by atoms with Crippen LogP contribution in [0.15, 0.2) is 0 Å². The average molecular weight is 297 g/mol. The van der Waals surface area contributed by atoms with E-state index < -0.39 is 0 Å². The minimum Gasteiger partial charge on any atom is -0.383 e. The minimum absolute atomic E-state index is 0.475. The Morgan fingerprint density at radius 2 is 1.81 bits per heavy atom. The number of nitrogens with one attached hydrogen (secondary N) is 1. The summed E-state index contributed by atoms with van der Waals surface area (Å²) in [5.74, 6) is 2.40. The third kappa shape index (κ3) is 4.94. The van der Waals surface area contributed by atoms with Crippen LogP contribution in [0.1, 0.15) is 52.9 Å². The Kier molecular flexibility index (Phi) is 6.51. The number of methoxy groups -OCH3 is 1. The van der Waals surface area contributed by atoms with Gasteiger partial charge in [-0.15, -0.1) is 0 Å². The van der Waals surface area contributed by atoms with E-state index in [0.717, 1.165) is 38.1 Å². The van der Waals surface area contributed by atoms with Crippen LogP contribution in [-0.4, -0.2) is 39.5 Å². The van der Waals surface area contributed by atoms with E-state index in [1.165, 1.54) is 32.1 Å². The topological polar surface area (TPSA) is 30.5 Å². The number of ether oxygens (including phenoxy) is 2. The summed E-state index contributed by atoms with van der Waals surface area (Å²) in [6.45, 7) is 11.0. The first-order valence-corrected chi connectivity index (χ1v) is 8.83. The first kappa shape index (κ1) is 17.2. The Balaban J connectivity index is 1.76. The van der Waals surface area contributed by atoms with Crippen LogP contribution in [0.4, 0.5) is 0 Å². The maximum absolute atomic E-state index is 6.11. The highest BCUT2D eigenvalue weighted by Gasteiger charge is 2.38. The van der Waals surface area contributed by atoms with Gasteiger partial charge in [-0.25, -0.2) is 0 Å². The van der Waals surface area contributed by atoms with E-state index in [0.29, 0.717) is 17.4 Å². The molecule has 124 valence electrons. The second kappa shape index (κ2) is 7.94. The zero-order chi connectivity index (χ0) is 15.3. The van der Waals surface area contributed by atoms with Gasteiger partial charge in [0.2, 0.25) is 0 Å². The maximum atomic E-state index is 6.11. The van der Waals surface area contributed by atoms with Crippen LogP contribution in [0.3, 0.4) is 0 Å². The molecule has 0 aromatic rings. The van der Waals surface area contributed by atoms with Crippen LogP contribution >= 0.6 is 0 Å². The first-order valence-electron chi connectivity index (χ1n) is 8.83. The summed E-state index contributed by atoms with van der Waals surface area (Å²) in [6.07, 6.45) is 7.22. The summed E-state index contributed by atoms with van der Waals surface area (Å²) in [6, 6.07) is 0. The lowest BCUT2D eigenvalue weighted by Crippen LogP contribution is -2.37. The van der Waals surface area contributed by atoms with Crippen LogP contribution in [-0.2, 0) is 9.47 Å². The van der Waals surface area contributed by atoms with Gasteiger partial charge in [0, 0.05) is 32.7 Å². The van der Waals surface area contributed by atoms with E-state index in [4.69, 9.17) is 9.47 Å². The molecule has 0 radical (unpaired) electrons. The van der Waals surface area contributed by atoms with Crippen LogP contribution in [0.25, 0.3) is 0 Å². The molecule has 0 amide bonds. The van der Waals surface area contributed by atoms with Crippen molar-refractivity contribution in [2.75, 3.05) is 33.4 Å². The first-order chi connectivity index (χ1) is 10.0. The molecule has 0 aromatic heterocycles. The largest absolute Gasteiger partial charge is 0.383 e. The SMILES string of the molecule is COCCNCC1CCOC1C1CCC(C(C)(C)C)CC1. The Morgan fingerprint density at radius 1 is 1.10 bits per heavy atom. The van der Waals surface area contributed by atoms with Crippen LogP contribution in [0.2, 0.25) is 0 Å². The Labute approximate surface area is 131 Å². The lowest BCUT2D eigenvalue weighted by atomic mass is 9.68. The molecule has 1 N–H and O–H groups in total. The molecule has 2 aliphatic rings. The van der Waals surface area contributed by atoms with Gasteiger partial charge in [-0.3, -0.25) is 0 Å². The van der Waals surface area contributed by atoms with Gasteiger partial charge in [-0.05, 0) is 49.4 Å². The van der Waals surface area contributed by atoms with Crippen molar-refractivity contribution >= 4 is 0 Å². The molecule has 1 aliphatic heterocycles. The lowest BCUT2D eigenvalue weighted by Gasteiger charge is -2.39. The zero-order valence-corrected chi connectivity index (χ0v) is 14.5. The molecule has 3 heteroatoms. The van der Waals surface area contributed by atoms with E-state index in [1.54, 1.807) is 7.11 Å². The van der Waals surface area contributed by atoms with Crippen molar-refractivity contribution in [3.8, 4) is 0 Å². The molecule has 21 heavy (non-hydrogen) atoms. The fourth-order valence-electron chi connectivity index (χ4n) is 4.17. The molecule has 2 fully saturated rings. The molecule has 1 aliphatic carbocycles. The second-order valence-corrected chi connectivity index (χ2v) is 8.06. The van der Waals surface area contributed by atoms with Gasteiger partial charge in [0.15, 0.2) is 0 Å². The van der Waals surface area contributed by atoms with Crippen molar-refractivity contribution in [1.82, 2.24) is 5.32 Å². The van der Waals surface area contributed by atoms with E-state index in [1.807, 2.05) is 0 Å². The highest BCUT2D eigenvalue weighted by molar-refractivity contribution is 4.89. The van der Waals surface area contributed by atoms with Gasteiger partial charge < -0.3 is 14.8 Å². The molecule has 0 aromatic carbocycles. The lowest BCUT2D eigenvalue weighted by molar-refractivity contribution is 0.0102.